The van der Waals surface area contributed by atoms with Crippen molar-refractivity contribution in [1.82, 2.24) is 0 Å². The Morgan fingerprint density at radius 2 is 1.93 bits per heavy atom. The molecule has 14 heavy (non-hydrogen) atoms. The molecule has 0 aromatic heterocycles. The zero-order valence-electron chi connectivity index (χ0n) is 9.17. The Balaban J connectivity index is 2.82. The lowest BCUT2D eigenvalue weighted by Crippen LogP contribution is -1.98. The lowest BCUT2D eigenvalue weighted by atomic mass is 10.1. The van der Waals surface area contributed by atoms with Crippen LogP contribution >= 0.6 is 0 Å². The molecule has 0 radical (unpaired) electrons. The second-order valence-electron chi connectivity index (χ2n) is 3.19. The van der Waals surface area contributed by atoms with Crippen LogP contribution in [-0.4, -0.2) is 13.7 Å². The summed E-state index contributed by atoms with van der Waals surface area (Å²) in [5, 5.41) is 0. The van der Waals surface area contributed by atoms with Crippen LogP contribution in [0.1, 0.15) is 25.8 Å². The summed E-state index contributed by atoms with van der Waals surface area (Å²) in [6.07, 6.45) is 2.03. The van der Waals surface area contributed by atoms with Crippen molar-refractivity contribution in [2.75, 3.05) is 13.7 Å². The molecule has 0 aliphatic heterocycles. The molecular weight excluding hydrogens is 176 g/mol. The van der Waals surface area contributed by atoms with Gasteiger partial charge in [0, 0.05) is 0 Å². The van der Waals surface area contributed by atoms with Crippen LogP contribution in [0.25, 0.3) is 0 Å². The summed E-state index contributed by atoms with van der Waals surface area (Å²) >= 11 is 0. The summed E-state index contributed by atoms with van der Waals surface area (Å²) in [5.74, 6) is 1.67. The SMILES string of the molecule is CCCOc1ccc(CC)cc1OC. The van der Waals surface area contributed by atoms with Crippen molar-refractivity contribution >= 4 is 0 Å². The molecule has 0 bridgehead atoms. The molecule has 1 aromatic carbocycles. The molecule has 1 aromatic rings. The van der Waals surface area contributed by atoms with E-state index in [4.69, 9.17) is 9.47 Å². The molecule has 0 spiro atoms. The molecule has 0 fully saturated rings. The summed E-state index contributed by atoms with van der Waals surface area (Å²) in [6.45, 7) is 4.95. The van der Waals surface area contributed by atoms with E-state index in [1.54, 1.807) is 7.11 Å². The van der Waals surface area contributed by atoms with Gasteiger partial charge in [0.1, 0.15) is 0 Å². The molecule has 1 rings (SSSR count). The molecule has 0 aliphatic rings. The van der Waals surface area contributed by atoms with Gasteiger partial charge in [-0.05, 0) is 30.5 Å². The molecule has 0 amide bonds. The van der Waals surface area contributed by atoms with Gasteiger partial charge in [-0.1, -0.05) is 19.9 Å². The smallest absolute Gasteiger partial charge is 0.161 e. The molecule has 0 atom stereocenters. The van der Waals surface area contributed by atoms with Crippen LogP contribution in [0.4, 0.5) is 0 Å². The minimum atomic E-state index is 0.738. The van der Waals surface area contributed by atoms with Crippen molar-refractivity contribution in [3.8, 4) is 11.5 Å². The van der Waals surface area contributed by atoms with Crippen LogP contribution in [-0.2, 0) is 6.42 Å². The number of hydrogen-bond donors (Lipinski definition) is 0. The highest BCUT2D eigenvalue weighted by Crippen LogP contribution is 2.28. The Hall–Kier alpha value is -1.18. The van der Waals surface area contributed by atoms with Crippen LogP contribution < -0.4 is 9.47 Å². The molecule has 0 N–H and O–H groups in total. The number of benzene rings is 1. The maximum absolute atomic E-state index is 5.55. The maximum atomic E-state index is 5.55. The maximum Gasteiger partial charge on any atom is 0.161 e. The largest absolute Gasteiger partial charge is 0.493 e. The molecule has 78 valence electrons. The Labute approximate surface area is 85.8 Å². The lowest BCUT2D eigenvalue weighted by Gasteiger charge is -2.10. The molecule has 0 saturated heterocycles. The Bertz CT molecular complexity index is 282. The highest BCUT2D eigenvalue weighted by molar-refractivity contribution is 5.42. The van der Waals surface area contributed by atoms with Gasteiger partial charge in [0.05, 0.1) is 13.7 Å². The normalized spacial score (nSPS) is 9.93. The summed E-state index contributed by atoms with van der Waals surface area (Å²) in [7, 11) is 1.67. The number of methoxy groups -OCH3 is 1. The number of aryl methyl sites for hydroxylation is 1. The quantitative estimate of drug-likeness (QED) is 0.717. The van der Waals surface area contributed by atoms with Crippen molar-refractivity contribution in [3.63, 3.8) is 0 Å². The first-order valence-corrected chi connectivity index (χ1v) is 5.11. The minimum absolute atomic E-state index is 0.738. The van der Waals surface area contributed by atoms with E-state index in [0.717, 1.165) is 30.9 Å². The topological polar surface area (TPSA) is 18.5 Å². The van der Waals surface area contributed by atoms with Crippen LogP contribution in [0.2, 0.25) is 0 Å². The van der Waals surface area contributed by atoms with Gasteiger partial charge in [-0.25, -0.2) is 0 Å². The van der Waals surface area contributed by atoms with E-state index in [2.05, 4.69) is 19.9 Å². The number of hydrogen-bond acceptors (Lipinski definition) is 2. The molecule has 0 heterocycles. The molecule has 2 nitrogen and oxygen atoms in total. The van der Waals surface area contributed by atoms with Gasteiger partial charge in [0.25, 0.3) is 0 Å². The third-order valence-electron chi connectivity index (χ3n) is 2.10. The number of rotatable bonds is 5. The van der Waals surface area contributed by atoms with Gasteiger partial charge >= 0.3 is 0 Å². The van der Waals surface area contributed by atoms with E-state index in [0.29, 0.717) is 0 Å². The summed E-state index contributed by atoms with van der Waals surface area (Å²) in [5.41, 5.74) is 1.27. The zero-order valence-corrected chi connectivity index (χ0v) is 9.17. The van der Waals surface area contributed by atoms with E-state index in [1.165, 1.54) is 5.56 Å². The average molecular weight is 194 g/mol. The first-order chi connectivity index (χ1) is 6.81. The fraction of sp³-hybridized carbons (Fsp3) is 0.500. The van der Waals surface area contributed by atoms with E-state index in [1.807, 2.05) is 12.1 Å². The first-order valence-electron chi connectivity index (χ1n) is 5.11. The van der Waals surface area contributed by atoms with Gasteiger partial charge < -0.3 is 9.47 Å². The standard InChI is InChI=1S/C12H18O2/c1-4-8-14-11-7-6-10(5-2)9-12(11)13-3/h6-7,9H,4-5,8H2,1-3H3. The van der Waals surface area contributed by atoms with Crippen LogP contribution in [0.15, 0.2) is 18.2 Å². The molecule has 2 heteroatoms. The fourth-order valence-corrected chi connectivity index (χ4v) is 1.26. The summed E-state index contributed by atoms with van der Waals surface area (Å²) < 4.78 is 10.8. The van der Waals surface area contributed by atoms with Crippen molar-refractivity contribution in [2.24, 2.45) is 0 Å². The van der Waals surface area contributed by atoms with Crippen LogP contribution in [0.3, 0.4) is 0 Å². The lowest BCUT2D eigenvalue weighted by molar-refractivity contribution is 0.294. The highest BCUT2D eigenvalue weighted by atomic mass is 16.5. The van der Waals surface area contributed by atoms with Crippen LogP contribution in [0, 0.1) is 0 Å². The van der Waals surface area contributed by atoms with E-state index >= 15 is 0 Å². The van der Waals surface area contributed by atoms with Crippen molar-refractivity contribution in [3.05, 3.63) is 23.8 Å². The third kappa shape index (κ3) is 2.66. The molecule has 0 aliphatic carbocycles. The van der Waals surface area contributed by atoms with Crippen molar-refractivity contribution < 1.29 is 9.47 Å². The van der Waals surface area contributed by atoms with Crippen molar-refractivity contribution in [2.45, 2.75) is 26.7 Å². The fourth-order valence-electron chi connectivity index (χ4n) is 1.26. The first kappa shape index (κ1) is 10.9. The number of ether oxygens (including phenoxy) is 2. The summed E-state index contributed by atoms with van der Waals surface area (Å²) in [6, 6.07) is 6.09. The monoisotopic (exact) mass is 194 g/mol. The summed E-state index contributed by atoms with van der Waals surface area (Å²) in [4.78, 5) is 0. The average Bonchev–Trinajstić information content (AvgIpc) is 2.26. The second-order valence-corrected chi connectivity index (χ2v) is 3.19. The molecular formula is C12H18O2. The van der Waals surface area contributed by atoms with Gasteiger partial charge in [0.15, 0.2) is 11.5 Å². The van der Waals surface area contributed by atoms with Crippen LogP contribution in [0.5, 0.6) is 11.5 Å². The van der Waals surface area contributed by atoms with Crippen molar-refractivity contribution in [1.29, 1.82) is 0 Å². The Kier molecular flexibility index (Phi) is 4.30. The minimum Gasteiger partial charge on any atom is -0.493 e. The highest BCUT2D eigenvalue weighted by Gasteiger charge is 2.03. The van der Waals surface area contributed by atoms with Gasteiger partial charge in [-0.15, -0.1) is 0 Å². The van der Waals surface area contributed by atoms with Gasteiger partial charge in [-0.2, -0.15) is 0 Å². The Morgan fingerprint density at radius 1 is 1.14 bits per heavy atom. The van der Waals surface area contributed by atoms with E-state index < -0.39 is 0 Å². The predicted molar refractivity (Wildman–Crippen MR) is 58.2 cm³/mol. The Morgan fingerprint density at radius 3 is 2.50 bits per heavy atom. The van der Waals surface area contributed by atoms with Gasteiger partial charge in [0.2, 0.25) is 0 Å². The zero-order chi connectivity index (χ0) is 10.4. The third-order valence-corrected chi connectivity index (χ3v) is 2.10. The second kappa shape index (κ2) is 5.53. The van der Waals surface area contributed by atoms with E-state index in [-0.39, 0.29) is 0 Å². The molecule has 0 unspecified atom stereocenters. The van der Waals surface area contributed by atoms with Gasteiger partial charge in [-0.3, -0.25) is 0 Å². The van der Waals surface area contributed by atoms with E-state index in [9.17, 15) is 0 Å². The molecule has 0 saturated carbocycles. The predicted octanol–water partition coefficient (Wildman–Crippen LogP) is 3.05.